The lowest BCUT2D eigenvalue weighted by molar-refractivity contribution is -0.143. The molecule has 1 N–H and O–H groups in total. The Kier molecular flexibility index (Phi) is 4.67. The van der Waals surface area contributed by atoms with E-state index in [1.165, 1.54) is 0 Å². The lowest BCUT2D eigenvalue weighted by Gasteiger charge is -2.18. The molecule has 0 atom stereocenters. The standard InChI is InChI=1S/C12H11F6NO/c1-2-6-19-10(20)9-7(11(13,14)15)4-3-5-8(9)12(16,17)18/h3-5H,2,6H2,1H3,(H,19,20). The lowest BCUT2D eigenvalue weighted by atomic mass is 9.99. The Morgan fingerprint density at radius 1 is 1.05 bits per heavy atom. The minimum Gasteiger partial charge on any atom is -0.352 e. The van der Waals surface area contributed by atoms with Gasteiger partial charge in [-0.25, -0.2) is 0 Å². The number of benzene rings is 1. The van der Waals surface area contributed by atoms with Crippen LogP contribution in [0, 0.1) is 0 Å². The predicted octanol–water partition coefficient (Wildman–Crippen LogP) is 3.86. The Bertz CT molecular complexity index is 459. The fourth-order valence-electron chi connectivity index (χ4n) is 1.60. The highest BCUT2D eigenvalue weighted by Crippen LogP contribution is 2.39. The van der Waals surface area contributed by atoms with Gasteiger partial charge in [0.25, 0.3) is 5.91 Å². The first kappa shape index (κ1) is 16.3. The van der Waals surface area contributed by atoms with Gasteiger partial charge >= 0.3 is 12.4 Å². The number of alkyl halides is 6. The first-order valence-electron chi connectivity index (χ1n) is 5.64. The number of hydrogen-bond donors (Lipinski definition) is 1. The van der Waals surface area contributed by atoms with Crippen molar-refractivity contribution in [2.24, 2.45) is 0 Å². The van der Waals surface area contributed by atoms with Crippen LogP contribution in [-0.4, -0.2) is 12.5 Å². The van der Waals surface area contributed by atoms with Crippen molar-refractivity contribution in [2.45, 2.75) is 25.7 Å². The molecule has 0 fully saturated rings. The van der Waals surface area contributed by atoms with Crippen LogP contribution >= 0.6 is 0 Å². The lowest BCUT2D eigenvalue weighted by Crippen LogP contribution is -2.30. The maximum Gasteiger partial charge on any atom is 0.417 e. The number of hydrogen-bond acceptors (Lipinski definition) is 1. The summed E-state index contributed by atoms with van der Waals surface area (Å²) in [4.78, 5) is 11.6. The Morgan fingerprint density at radius 2 is 1.50 bits per heavy atom. The van der Waals surface area contributed by atoms with Gasteiger partial charge in [0.15, 0.2) is 0 Å². The van der Waals surface area contributed by atoms with Crippen LogP contribution in [0.4, 0.5) is 26.3 Å². The molecule has 0 aliphatic rings. The quantitative estimate of drug-likeness (QED) is 0.844. The van der Waals surface area contributed by atoms with Gasteiger partial charge in [0.05, 0.1) is 16.7 Å². The van der Waals surface area contributed by atoms with Crippen LogP contribution in [0.5, 0.6) is 0 Å². The molecule has 0 heterocycles. The van der Waals surface area contributed by atoms with E-state index in [0.717, 1.165) is 0 Å². The van der Waals surface area contributed by atoms with Crippen LogP contribution in [0.25, 0.3) is 0 Å². The Hall–Kier alpha value is -1.73. The van der Waals surface area contributed by atoms with Gasteiger partial charge < -0.3 is 5.32 Å². The molecule has 1 aromatic carbocycles. The van der Waals surface area contributed by atoms with Crippen molar-refractivity contribution < 1.29 is 31.1 Å². The van der Waals surface area contributed by atoms with Crippen LogP contribution in [0.3, 0.4) is 0 Å². The summed E-state index contributed by atoms with van der Waals surface area (Å²) in [7, 11) is 0. The van der Waals surface area contributed by atoms with E-state index < -0.39 is 35.0 Å². The molecule has 1 rings (SSSR count). The fourth-order valence-corrected chi connectivity index (χ4v) is 1.60. The molecule has 0 spiro atoms. The van der Waals surface area contributed by atoms with Crippen LogP contribution in [0.15, 0.2) is 18.2 Å². The molecular formula is C12H11F6NO. The van der Waals surface area contributed by atoms with Gasteiger partial charge in [0.2, 0.25) is 0 Å². The van der Waals surface area contributed by atoms with E-state index in [1.807, 2.05) is 5.32 Å². The van der Waals surface area contributed by atoms with Crippen molar-refractivity contribution in [3.63, 3.8) is 0 Å². The topological polar surface area (TPSA) is 29.1 Å². The minimum atomic E-state index is -5.04. The van der Waals surface area contributed by atoms with Crippen molar-refractivity contribution in [1.82, 2.24) is 5.32 Å². The molecule has 0 unspecified atom stereocenters. The Morgan fingerprint density at radius 3 is 1.85 bits per heavy atom. The highest BCUT2D eigenvalue weighted by atomic mass is 19.4. The molecular weight excluding hydrogens is 288 g/mol. The predicted molar refractivity (Wildman–Crippen MR) is 59.1 cm³/mol. The van der Waals surface area contributed by atoms with E-state index in [1.54, 1.807) is 6.92 Å². The first-order valence-corrected chi connectivity index (χ1v) is 5.64. The number of rotatable bonds is 3. The summed E-state index contributed by atoms with van der Waals surface area (Å²) in [5.74, 6) is -1.38. The van der Waals surface area contributed by atoms with Crippen molar-refractivity contribution in [3.05, 3.63) is 34.9 Å². The van der Waals surface area contributed by atoms with Gasteiger partial charge in [0.1, 0.15) is 0 Å². The van der Waals surface area contributed by atoms with Crippen LogP contribution in [-0.2, 0) is 12.4 Å². The highest BCUT2D eigenvalue weighted by molar-refractivity contribution is 5.97. The van der Waals surface area contributed by atoms with E-state index in [4.69, 9.17) is 0 Å². The molecule has 2 nitrogen and oxygen atoms in total. The van der Waals surface area contributed by atoms with Crippen molar-refractivity contribution in [3.8, 4) is 0 Å². The second-order valence-corrected chi connectivity index (χ2v) is 3.98. The summed E-state index contributed by atoms with van der Waals surface area (Å²) in [6, 6.07) is 1.54. The minimum absolute atomic E-state index is 0.0116. The van der Waals surface area contributed by atoms with Crippen LogP contribution in [0.2, 0.25) is 0 Å². The average Bonchev–Trinajstić information content (AvgIpc) is 2.32. The van der Waals surface area contributed by atoms with E-state index in [-0.39, 0.29) is 6.54 Å². The van der Waals surface area contributed by atoms with Gasteiger partial charge in [-0.1, -0.05) is 13.0 Å². The smallest absolute Gasteiger partial charge is 0.352 e. The van der Waals surface area contributed by atoms with Gasteiger partial charge in [0, 0.05) is 6.54 Å². The Labute approximate surface area is 110 Å². The molecule has 0 saturated heterocycles. The molecule has 0 aliphatic carbocycles. The molecule has 0 saturated carbocycles. The molecule has 0 bridgehead atoms. The zero-order chi connectivity index (χ0) is 15.6. The maximum atomic E-state index is 12.8. The molecule has 112 valence electrons. The number of carbonyl (C=O) groups excluding carboxylic acids is 1. The molecule has 1 amide bonds. The SMILES string of the molecule is CCCNC(=O)c1c(C(F)(F)F)cccc1C(F)(F)F. The fraction of sp³-hybridized carbons (Fsp3) is 0.417. The maximum absolute atomic E-state index is 12.8. The van der Waals surface area contributed by atoms with Crippen molar-refractivity contribution in [1.29, 1.82) is 0 Å². The molecule has 1 aromatic rings. The molecule has 0 aliphatic heterocycles. The van der Waals surface area contributed by atoms with Crippen molar-refractivity contribution in [2.75, 3.05) is 6.54 Å². The van der Waals surface area contributed by atoms with Gasteiger partial charge in [-0.2, -0.15) is 26.3 Å². The van der Waals surface area contributed by atoms with Gasteiger partial charge in [-0.3, -0.25) is 4.79 Å². The van der Waals surface area contributed by atoms with E-state index >= 15 is 0 Å². The van der Waals surface area contributed by atoms with E-state index in [2.05, 4.69) is 0 Å². The largest absolute Gasteiger partial charge is 0.417 e. The number of halogens is 6. The number of amides is 1. The summed E-state index contributed by atoms with van der Waals surface area (Å²) in [6.45, 7) is 1.61. The zero-order valence-electron chi connectivity index (χ0n) is 10.3. The van der Waals surface area contributed by atoms with E-state index in [0.29, 0.717) is 24.6 Å². The van der Waals surface area contributed by atoms with Crippen molar-refractivity contribution >= 4 is 5.91 Å². The summed E-state index contributed by atoms with van der Waals surface area (Å²) in [5.41, 5.74) is -4.58. The summed E-state index contributed by atoms with van der Waals surface area (Å²) in [5, 5.41) is 2.03. The summed E-state index contributed by atoms with van der Waals surface area (Å²) >= 11 is 0. The average molecular weight is 299 g/mol. The monoisotopic (exact) mass is 299 g/mol. The second-order valence-electron chi connectivity index (χ2n) is 3.98. The number of carbonyl (C=O) groups is 1. The second kappa shape index (κ2) is 5.72. The third-order valence-corrected chi connectivity index (χ3v) is 2.44. The third-order valence-electron chi connectivity index (χ3n) is 2.44. The highest BCUT2D eigenvalue weighted by Gasteiger charge is 2.42. The molecule has 20 heavy (non-hydrogen) atoms. The van der Waals surface area contributed by atoms with E-state index in [9.17, 15) is 31.1 Å². The Balaban J connectivity index is 3.45. The summed E-state index contributed by atoms with van der Waals surface area (Å²) < 4.78 is 76.5. The van der Waals surface area contributed by atoms with Crippen LogP contribution < -0.4 is 5.32 Å². The van der Waals surface area contributed by atoms with Crippen LogP contribution in [0.1, 0.15) is 34.8 Å². The van der Waals surface area contributed by atoms with Gasteiger partial charge in [-0.15, -0.1) is 0 Å². The normalized spacial score (nSPS) is 12.3. The molecule has 0 aromatic heterocycles. The third kappa shape index (κ3) is 3.64. The summed E-state index contributed by atoms with van der Waals surface area (Å²) in [6.07, 6.45) is -9.69. The molecule has 8 heteroatoms. The first-order chi connectivity index (χ1) is 9.09. The molecule has 0 radical (unpaired) electrons. The number of nitrogens with one attached hydrogen (secondary N) is 1. The van der Waals surface area contributed by atoms with Gasteiger partial charge in [-0.05, 0) is 18.6 Å². The zero-order valence-corrected chi connectivity index (χ0v) is 10.3.